The van der Waals surface area contributed by atoms with Crippen molar-refractivity contribution >= 4 is 55.1 Å². The third-order valence-electron chi connectivity index (χ3n) is 2.97. The first-order valence-electron chi connectivity index (χ1n) is 5.70. The maximum Gasteiger partial charge on any atom is 0.182 e. The Morgan fingerprint density at radius 3 is 2.55 bits per heavy atom. The van der Waals surface area contributed by atoms with Gasteiger partial charge < -0.3 is 4.98 Å². The van der Waals surface area contributed by atoms with Crippen molar-refractivity contribution in [1.29, 1.82) is 5.26 Å². The Labute approximate surface area is 137 Å². The minimum absolute atomic E-state index is 0.563. The average Bonchev–Trinajstić information content (AvgIpc) is 2.73. The zero-order valence-electron chi connectivity index (χ0n) is 10.0. The van der Waals surface area contributed by atoms with Gasteiger partial charge in [0.1, 0.15) is 6.07 Å². The van der Waals surface area contributed by atoms with Gasteiger partial charge >= 0.3 is 0 Å². The number of aromatic amines is 1. The first-order chi connectivity index (χ1) is 9.60. The van der Waals surface area contributed by atoms with Gasteiger partial charge in [-0.15, -0.1) is 0 Å². The smallest absolute Gasteiger partial charge is 0.182 e. The Balaban J connectivity index is 2.41. The molecule has 0 aliphatic carbocycles. The minimum Gasteiger partial charge on any atom is -0.330 e. The molecule has 3 nitrogen and oxygen atoms in total. The summed E-state index contributed by atoms with van der Waals surface area (Å²) in [6, 6.07) is 13.6. The molecule has 0 fully saturated rings. The van der Waals surface area contributed by atoms with Gasteiger partial charge in [-0.05, 0) is 48.6 Å². The number of nitrogens with one attached hydrogen (secondary N) is 1. The molecule has 3 aromatic rings. The predicted molar refractivity (Wildman–Crippen MR) is 88.6 cm³/mol. The molecule has 0 amide bonds. The molecule has 1 heterocycles. The van der Waals surface area contributed by atoms with E-state index < -0.39 is 0 Å². The number of nitrogens with zero attached hydrogens (tertiary/aromatic N) is 2. The molecular formula is C14H7Br2N3S. The van der Waals surface area contributed by atoms with Gasteiger partial charge in [-0.3, -0.25) is 4.57 Å². The molecule has 1 N–H and O–H groups in total. The Kier molecular flexibility index (Phi) is 3.50. The third kappa shape index (κ3) is 2.22. The maximum atomic E-state index is 9.28. The van der Waals surface area contributed by atoms with Crippen molar-refractivity contribution in [3.8, 4) is 11.8 Å². The lowest BCUT2D eigenvalue weighted by molar-refractivity contribution is 1.06. The summed E-state index contributed by atoms with van der Waals surface area (Å²) in [6.07, 6.45) is 0. The van der Waals surface area contributed by atoms with E-state index >= 15 is 0 Å². The second-order valence-corrected chi connectivity index (χ2v) is 6.42. The van der Waals surface area contributed by atoms with Crippen LogP contribution in [0.5, 0.6) is 0 Å². The van der Waals surface area contributed by atoms with E-state index in [9.17, 15) is 5.26 Å². The molecule has 0 spiro atoms. The molecule has 6 heteroatoms. The van der Waals surface area contributed by atoms with Crippen molar-refractivity contribution in [3.63, 3.8) is 0 Å². The van der Waals surface area contributed by atoms with Crippen molar-refractivity contribution in [1.82, 2.24) is 9.55 Å². The Hall–Kier alpha value is -1.42. The van der Waals surface area contributed by atoms with E-state index in [1.165, 1.54) is 0 Å². The van der Waals surface area contributed by atoms with Crippen LogP contribution in [0.25, 0.3) is 16.7 Å². The van der Waals surface area contributed by atoms with Gasteiger partial charge in [0.2, 0.25) is 0 Å². The molecule has 0 bridgehead atoms. The molecular weight excluding hydrogens is 402 g/mol. The van der Waals surface area contributed by atoms with Crippen LogP contribution in [0.15, 0.2) is 45.3 Å². The van der Waals surface area contributed by atoms with Crippen LogP contribution in [-0.2, 0) is 0 Å². The summed E-state index contributed by atoms with van der Waals surface area (Å²) >= 11 is 12.3. The maximum absolute atomic E-state index is 9.28. The number of aromatic nitrogens is 2. The number of imidazole rings is 1. The first kappa shape index (κ1) is 13.6. The molecule has 98 valence electrons. The summed E-state index contributed by atoms with van der Waals surface area (Å²) in [7, 11) is 0. The van der Waals surface area contributed by atoms with Crippen LogP contribution in [0.2, 0.25) is 0 Å². The molecule has 0 unspecified atom stereocenters. The van der Waals surface area contributed by atoms with E-state index in [2.05, 4.69) is 42.9 Å². The van der Waals surface area contributed by atoms with E-state index in [1.54, 1.807) is 6.07 Å². The van der Waals surface area contributed by atoms with Crippen molar-refractivity contribution < 1.29 is 0 Å². The zero-order chi connectivity index (χ0) is 14.3. The number of rotatable bonds is 1. The molecule has 0 aliphatic heterocycles. The lowest BCUT2D eigenvalue weighted by Crippen LogP contribution is -1.97. The number of hydrogen-bond acceptors (Lipinski definition) is 2. The van der Waals surface area contributed by atoms with Crippen molar-refractivity contribution in [2.24, 2.45) is 0 Å². The van der Waals surface area contributed by atoms with Crippen LogP contribution in [0.3, 0.4) is 0 Å². The van der Waals surface area contributed by atoms with E-state index in [0.29, 0.717) is 10.3 Å². The van der Waals surface area contributed by atoms with Gasteiger partial charge in [-0.1, -0.05) is 31.9 Å². The van der Waals surface area contributed by atoms with Gasteiger partial charge in [0.15, 0.2) is 4.77 Å². The number of halogens is 2. The molecule has 2 aromatic carbocycles. The molecule has 1 aromatic heterocycles. The Bertz CT molecular complexity index is 918. The predicted octanol–water partition coefficient (Wildman–Crippen LogP) is 5.08. The molecule has 0 saturated carbocycles. The van der Waals surface area contributed by atoms with Crippen LogP contribution in [0, 0.1) is 16.1 Å². The SMILES string of the molecule is N#Cc1ccc(Br)cc1-n1c(=S)[nH]c2cc(Br)ccc21. The topological polar surface area (TPSA) is 44.5 Å². The van der Waals surface area contributed by atoms with Crippen LogP contribution in [0.1, 0.15) is 5.56 Å². The summed E-state index contributed by atoms with van der Waals surface area (Å²) in [5.74, 6) is 0. The normalized spacial score (nSPS) is 10.7. The molecule has 0 saturated heterocycles. The van der Waals surface area contributed by atoms with E-state index in [1.807, 2.05) is 34.9 Å². The lowest BCUT2D eigenvalue weighted by atomic mass is 10.2. The summed E-state index contributed by atoms with van der Waals surface area (Å²) < 4.78 is 4.32. The minimum atomic E-state index is 0.563. The Morgan fingerprint density at radius 1 is 1.10 bits per heavy atom. The average molecular weight is 409 g/mol. The summed E-state index contributed by atoms with van der Waals surface area (Å²) in [4.78, 5) is 3.16. The molecule has 3 rings (SSSR count). The number of H-pyrrole nitrogens is 1. The van der Waals surface area contributed by atoms with Crippen LogP contribution < -0.4 is 0 Å². The quantitative estimate of drug-likeness (QED) is 0.570. The van der Waals surface area contributed by atoms with E-state index in [0.717, 1.165) is 25.7 Å². The molecule has 0 radical (unpaired) electrons. The number of benzene rings is 2. The highest BCUT2D eigenvalue weighted by Crippen LogP contribution is 2.26. The fourth-order valence-corrected chi connectivity index (χ4v) is 3.12. The largest absolute Gasteiger partial charge is 0.330 e. The number of fused-ring (bicyclic) bond motifs is 1. The van der Waals surface area contributed by atoms with Crippen LogP contribution >= 0.6 is 44.1 Å². The fraction of sp³-hybridized carbons (Fsp3) is 0. The van der Waals surface area contributed by atoms with E-state index in [-0.39, 0.29) is 0 Å². The molecule has 0 atom stereocenters. The van der Waals surface area contributed by atoms with E-state index in [4.69, 9.17) is 12.2 Å². The summed E-state index contributed by atoms with van der Waals surface area (Å²) in [6.45, 7) is 0. The number of hydrogen-bond donors (Lipinski definition) is 1. The van der Waals surface area contributed by atoms with Gasteiger partial charge in [0.05, 0.1) is 22.3 Å². The highest BCUT2D eigenvalue weighted by atomic mass is 79.9. The monoisotopic (exact) mass is 407 g/mol. The molecule has 20 heavy (non-hydrogen) atoms. The second-order valence-electron chi connectivity index (χ2n) is 4.20. The highest BCUT2D eigenvalue weighted by molar-refractivity contribution is 9.10. The van der Waals surface area contributed by atoms with Crippen LogP contribution in [0.4, 0.5) is 0 Å². The van der Waals surface area contributed by atoms with Crippen molar-refractivity contribution in [2.45, 2.75) is 0 Å². The second kappa shape index (κ2) is 5.17. The zero-order valence-corrected chi connectivity index (χ0v) is 14.0. The fourth-order valence-electron chi connectivity index (χ4n) is 2.11. The van der Waals surface area contributed by atoms with Gasteiger partial charge in [-0.25, -0.2) is 0 Å². The number of nitriles is 1. The first-order valence-corrected chi connectivity index (χ1v) is 7.70. The van der Waals surface area contributed by atoms with Gasteiger partial charge in [0, 0.05) is 8.95 Å². The highest BCUT2D eigenvalue weighted by Gasteiger charge is 2.11. The standard InChI is InChI=1S/C14H7Br2N3S/c15-9-3-4-12-11(5-9)18-14(20)19(12)13-6-10(16)2-1-8(13)7-17/h1-6H,(H,18,20). The lowest BCUT2D eigenvalue weighted by Gasteiger charge is -2.07. The molecule has 0 aliphatic rings. The van der Waals surface area contributed by atoms with Crippen molar-refractivity contribution in [2.75, 3.05) is 0 Å². The van der Waals surface area contributed by atoms with Crippen LogP contribution in [-0.4, -0.2) is 9.55 Å². The van der Waals surface area contributed by atoms with Gasteiger partial charge in [-0.2, -0.15) is 5.26 Å². The summed E-state index contributed by atoms with van der Waals surface area (Å²) in [5, 5.41) is 9.28. The Morgan fingerprint density at radius 2 is 1.80 bits per heavy atom. The van der Waals surface area contributed by atoms with Crippen molar-refractivity contribution in [3.05, 3.63) is 55.7 Å². The summed E-state index contributed by atoms with van der Waals surface area (Å²) in [5.41, 5.74) is 3.20. The third-order valence-corrected chi connectivity index (χ3v) is 4.24. The van der Waals surface area contributed by atoms with Gasteiger partial charge in [0.25, 0.3) is 0 Å².